The number of ether oxygens (including phenoxy) is 4. The number of rotatable bonds is 36. The standard InChI is InChI=1S/C47H51N11O10S2.C20H20N6OS/c48-34(44(62)49-13-19-64-23-25-66-21-15-58-30-51-36-27-32(8-12-38(36)58)43(61)52-47-56-55-46(70-47)41-6-3-18-68-41)10-9-33(59)4-1-16-63-22-24-65-20-14-57-29-50-35-26-31(7-11-37(35)57)39(60)28-42-53-54-45(69-42)40-5-2-17-67-40;1-13-23-16-11-15(3-4-18(16)26(13)10-2-7-21)19(27)25-20-24-17(12-28-20)14-5-8-22-9-6-14/h2-3,5-8,11-12,17-18,26-27,29-30,34H,1,4,9-10,13-16,19-25,28,48H2,(H,49,62)(H,52,56,61);3-6,8-9,11-12H,2,7,10,21H2,1H3,(H,24,25,27)/t34-;/m0./s1. The highest BCUT2D eigenvalue weighted by atomic mass is 32.1. The van der Waals surface area contributed by atoms with Gasteiger partial charge in [0.05, 0.1) is 123 Å². The third-order valence-electron chi connectivity index (χ3n) is 15.3. The highest BCUT2D eigenvalue weighted by Gasteiger charge is 2.20. The van der Waals surface area contributed by atoms with Crippen molar-refractivity contribution in [1.82, 2.24) is 64.3 Å². The lowest BCUT2D eigenvalue weighted by molar-refractivity contribution is -0.123. The van der Waals surface area contributed by atoms with Crippen molar-refractivity contribution in [3.8, 4) is 32.8 Å². The second-order valence-electron chi connectivity index (χ2n) is 22.1. The summed E-state index contributed by atoms with van der Waals surface area (Å²) in [5.41, 5.74) is 19.9. The third-order valence-corrected chi connectivity index (χ3v) is 17.8. The number of aryl methyl sites for hydroxylation is 2. The molecular formula is C67H71N17O11S3. The fraction of sp³-hybridized carbons (Fsp3) is 0.313. The van der Waals surface area contributed by atoms with Crippen molar-refractivity contribution in [3.63, 3.8) is 0 Å². The predicted molar refractivity (Wildman–Crippen MR) is 370 cm³/mol. The van der Waals surface area contributed by atoms with E-state index in [0.29, 0.717) is 143 Å². The molecule has 9 heterocycles. The summed E-state index contributed by atoms with van der Waals surface area (Å²) in [5, 5.41) is 29.4. The molecule has 12 rings (SSSR count). The molecule has 0 saturated heterocycles. The van der Waals surface area contributed by atoms with Gasteiger partial charge in [0.25, 0.3) is 11.8 Å². The molecule has 3 aromatic carbocycles. The Morgan fingerprint density at radius 2 is 1.21 bits per heavy atom. The van der Waals surface area contributed by atoms with E-state index in [1.165, 1.54) is 34.0 Å². The molecule has 508 valence electrons. The Kier molecular flexibility index (Phi) is 24.7. The van der Waals surface area contributed by atoms with Gasteiger partial charge in [-0.1, -0.05) is 22.7 Å². The Hall–Kier alpha value is -9.96. The molecule has 1 atom stereocenters. The van der Waals surface area contributed by atoms with Crippen LogP contribution in [0, 0.1) is 6.92 Å². The third kappa shape index (κ3) is 19.0. The number of anilines is 2. The number of hydrogen-bond donors (Lipinski definition) is 5. The first kappa shape index (κ1) is 69.4. The number of Topliss-reactive ketones (excluding diaryl/α,β-unsaturated/α-hetero) is 2. The number of aromatic nitrogens is 12. The zero-order valence-corrected chi connectivity index (χ0v) is 55.9. The summed E-state index contributed by atoms with van der Waals surface area (Å²) in [6.07, 6.45) is 12.4. The highest BCUT2D eigenvalue weighted by Crippen LogP contribution is 2.29. The zero-order chi connectivity index (χ0) is 68.0. The first-order valence-electron chi connectivity index (χ1n) is 31.6. The fourth-order valence-electron chi connectivity index (χ4n) is 10.2. The number of carbonyl (C=O) groups is 5. The zero-order valence-electron chi connectivity index (χ0n) is 53.5. The van der Waals surface area contributed by atoms with Gasteiger partial charge in [-0.15, -0.1) is 31.7 Å². The molecule has 98 heavy (non-hydrogen) atoms. The summed E-state index contributed by atoms with van der Waals surface area (Å²) in [7, 11) is 0. The molecule has 0 radical (unpaired) electrons. The first-order chi connectivity index (χ1) is 47.9. The minimum atomic E-state index is -0.797. The quantitative estimate of drug-likeness (QED) is 0.0180. The largest absolute Gasteiger partial charge is 0.462 e. The van der Waals surface area contributed by atoms with Gasteiger partial charge in [0, 0.05) is 85.7 Å². The number of nitrogens with zero attached hydrogens (tertiary/aromatic N) is 12. The topological polar surface area (TPSA) is 367 Å². The van der Waals surface area contributed by atoms with E-state index in [9.17, 15) is 24.0 Å². The summed E-state index contributed by atoms with van der Waals surface area (Å²) in [6, 6.07) is 26.4. The Labute approximate surface area is 573 Å². The van der Waals surface area contributed by atoms with E-state index in [1.807, 2.05) is 63.9 Å². The normalized spacial score (nSPS) is 11.7. The fourth-order valence-corrected chi connectivity index (χ4v) is 12.4. The molecule has 0 bridgehead atoms. The van der Waals surface area contributed by atoms with E-state index < -0.39 is 6.04 Å². The minimum Gasteiger partial charge on any atom is -0.462 e. The average Bonchev–Trinajstić information content (AvgIpc) is 1.64. The number of thiazole rings is 1. The maximum Gasteiger partial charge on any atom is 0.257 e. The summed E-state index contributed by atoms with van der Waals surface area (Å²) in [6.45, 7) is 7.90. The number of pyridine rings is 1. The van der Waals surface area contributed by atoms with Gasteiger partial charge < -0.3 is 58.3 Å². The van der Waals surface area contributed by atoms with Crippen molar-refractivity contribution in [3.05, 3.63) is 161 Å². The molecule has 0 spiro atoms. The monoisotopic (exact) mass is 1390 g/mol. The van der Waals surface area contributed by atoms with Crippen LogP contribution in [0.2, 0.25) is 0 Å². The van der Waals surface area contributed by atoms with Crippen molar-refractivity contribution in [2.75, 3.05) is 76.6 Å². The smallest absolute Gasteiger partial charge is 0.257 e. The van der Waals surface area contributed by atoms with Crippen LogP contribution >= 0.6 is 34.0 Å². The summed E-state index contributed by atoms with van der Waals surface area (Å²) < 4.78 is 39.4. The number of nitrogens with one attached hydrogen (secondary N) is 3. The molecule has 3 amide bonds. The SMILES string of the molecule is Cc1nc2cc(C(=O)Nc3nc(-c4ccncc4)cs3)ccc2n1CCCN.N[C@@H](CCC(=O)CCCOCCOCCn1cnc2cc(C(=O)Cc3nnc(-c4ccco4)s3)ccc21)C(=O)NCCOCCOCCn1cnc2cc(C(=O)Nc3nnc(-c4ccco4)s3)ccc21. The molecule has 0 unspecified atom stereocenters. The molecule has 0 aliphatic heterocycles. The lowest BCUT2D eigenvalue weighted by Gasteiger charge is -2.12. The van der Waals surface area contributed by atoms with Gasteiger partial charge in [-0.25, -0.2) is 19.9 Å². The van der Waals surface area contributed by atoms with Crippen LogP contribution in [-0.4, -0.2) is 160 Å². The van der Waals surface area contributed by atoms with Gasteiger partial charge in [-0.05, 0) is 124 Å². The Morgan fingerprint density at radius 3 is 1.88 bits per heavy atom. The van der Waals surface area contributed by atoms with E-state index in [4.69, 9.17) is 39.2 Å². The number of carbonyl (C=O) groups excluding carboxylic acids is 5. The molecule has 0 saturated carbocycles. The molecule has 7 N–H and O–H groups in total. The van der Waals surface area contributed by atoms with E-state index in [2.05, 4.69) is 65.8 Å². The number of fused-ring (bicyclic) bond motifs is 3. The van der Waals surface area contributed by atoms with E-state index in [0.717, 1.165) is 52.1 Å². The molecule has 28 nitrogen and oxygen atoms in total. The maximum absolute atomic E-state index is 13.0. The van der Waals surface area contributed by atoms with E-state index in [-0.39, 0.29) is 61.7 Å². The molecule has 9 aromatic heterocycles. The van der Waals surface area contributed by atoms with Crippen LogP contribution in [0.15, 0.2) is 143 Å². The second-order valence-corrected chi connectivity index (χ2v) is 25.0. The molecule has 0 aliphatic carbocycles. The van der Waals surface area contributed by atoms with Crippen LogP contribution in [0.4, 0.5) is 10.3 Å². The molecule has 12 aromatic rings. The number of amides is 3. The second kappa shape index (κ2) is 34.8. The Morgan fingerprint density at radius 1 is 0.612 bits per heavy atom. The van der Waals surface area contributed by atoms with E-state index >= 15 is 0 Å². The number of ketones is 2. The maximum atomic E-state index is 13.0. The molecular weight excluding hydrogens is 1320 g/mol. The van der Waals surface area contributed by atoms with Gasteiger partial charge in [0.1, 0.15) is 16.6 Å². The number of furan rings is 2. The molecule has 31 heteroatoms. The van der Waals surface area contributed by atoms with Crippen LogP contribution in [0.25, 0.3) is 65.9 Å². The van der Waals surface area contributed by atoms with Gasteiger partial charge >= 0.3 is 0 Å². The van der Waals surface area contributed by atoms with Crippen molar-refractivity contribution < 1.29 is 51.8 Å². The lowest BCUT2D eigenvalue weighted by atomic mass is 10.1. The minimum absolute atomic E-state index is 0.0223. The number of hydrogen-bond acceptors (Lipinski definition) is 25. The van der Waals surface area contributed by atoms with Gasteiger partial charge in [-0.3, -0.25) is 39.6 Å². The Bertz CT molecular complexity index is 4580. The van der Waals surface area contributed by atoms with Crippen LogP contribution in [0.1, 0.15) is 74.0 Å². The summed E-state index contributed by atoms with van der Waals surface area (Å²) in [4.78, 5) is 85.3. The average molecular weight is 1390 g/mol. The van der Waals surface area contributed by atoms with Gasteiger partial charge in [0.15, 0.2) is 32.5 Å². The highest BCUT2D eigenvalue weighted by molar-refractivity contribution is 7.18. The predicted octanol–water partition coefficient (Wildman–Crippen LogP) is 9.09. The van der Waals surface area contributed by atoms with Crippen LogP contribution in [-0.2, 0) is 54.6 Å². The van der Waals surface area contributed by atoms with Crippen LogP contribution in [0.3, 0.4) is 0 Å². The summed E-state index contributed by atoms with van der Waals surface area (Å²) in [5.74, 6) is 1.21. The Balaban J connectivity index is 0.000000287. The lowest BCUT2D eigenvalue weighted by Crippen LogP contribution is -2.42. The van der Waals surface area contributed by atoms with Gasteiger partial charge in [0.2, 0.25) is 11.0 Å². The molecule has 0 aliphatic rings. The van der Waals surface area contributed by atoms with Crippen molar-refractivity contribution in [1.29, 1.82) is 0 Å². The van der Waals surface area contributed by atoms with Crippen LogP contribution in [0.5, 0.6) is 0 Å². The summed E-state index contributed by atoms with van der Waals surface area (Å²) >= 11 is 3.94. The van der Waals surface area contributed by atoms with Crippen molar-refractivity contribution in [2.24, 2.45) is 11.5 Å². The van der Waals surface area contributed by atoms with Crippen molar-refractivity contribution in [2.45, 2.75) is 71.1 Å². The van der Waals surface area contributed by atoms with Crippen LogP contribution < -0.4 is 27.4 Å². The van der Waals surface area contributed by atoms with Gasteiger partial charge in [-0.2, -0.15) is 0 Å². The number of imidazole rings is 3. The van der Waals surface area contributed by atoms with E-state index in [1.54, 1.807) is 86.1 Å². The number of benzene rings is 3. The van der Waals surface area contributed by atoms with Crippen molar-refractivity contribution >= 4 is 107 Å². The number of nitrogens with two attached hydrogens (primary N) is 2. The first-order valence-corrected chi connectivity index (χ1v) is 34.1. The molecule has 0 fully saturated rings.